The van der Waals surface area contributed by atoms with Gasteiger partial charge in [-0.15, -0.1) is 0 Å². The minimum absolute atomic E-state index is 0.176. The zero-order valence-electron chi connectivity index (χ0n) is 16.7. The number of rotatable bonds is 14. The summed E-state index contributed by atoms with van der Waals surface area (Å²) >= 11 is 0. The number of carbonyl (C=O) groups excluding carboxylic acids is 2. The van der Waals surface area contributed by atoms with Crippen molar-refractivity contribution in [3.8, 4) is 0 Å². The molecule has 8 nitrogen and oxygen atoms in total. The van der Waals surface area contributed by atoms with Gasteiger partial charge in [-0.2, -0.15) is 0 Å². The molecule has 0 saturated carbocycles. The molecule has 8 heteroatoms. The highest BCUT2D eigenvalue weighted by molar-refractivity contribution is 5.85. The van der Waals surface area contributed by atoms with Crippen molar-refractivity contribution in [3.05, 3.63) is 23.7 Å². The monoisotopic (exact) mass is 388 g/mol. The van der Waals surface area contributed by atoms with Crippen LogP contribution in [-0.4, -0.2) is 61.8 Å². The Balaban J connectivity index is 3.69. The van der Waals surface area contributed by atoms with Crippen molar-refractivity contribution in [2.24, 2.45) is 5.41 Å². The number of aliphatic hydroxyl groups excluding tert-OH is 2. The van der Waals surface area contributed by atoms with Crippen molar-refractivity contribution in [1.29, 1.82) is 0 Å². The Morgan fingerprint density at radius 3 is 1.48 bits per heavy atom. The van der Waals surface area contributed by atoms with Crippen LogP contribution in [0.25, 0.3) is 0 Å². The van der Waals surface area contributed by atoms with E-state index in [9.17, 15) is 9.59 Å². The summed E-state index contributed by atoms with van der Waals surface area (Å²) in [5.74, 6) is -2.28. The summed E-state index contributed by atoms with van der Waals surface area (Å²) in [5.41, 5.74) is -0.195. The molecule has 0 spiro atoms. The van der Waals surface area contributed by atoms with Gasteiger partial charge < -0.3 is 29.2 Å². The Labute approximate surface area is 160 Å². The summed E-state index contributed by atoms with van der Waals surface area (Å²) in [5, 5.41) is 18.3. The molecule has 0 aromatic heterocycles. The van der Waals surface area contributed by atoms with Crippen LogP contribution in [0.4, 0.5) is 0 Å². The first-order chi connectivity index (χ1) is 12.7. The van der Waals surface area contributed by atoms with Gasteiger partial charge in [-0.1, -0.05) is 13.8 Å². The molecule has 0 aromatic rings. The van der Waals surface area contributed by atoms with E-state index in [1.54, 1.807) is 13.8 Å². The fourth-order valence-electron chi connectivity index (χ4n) is 1.77. The summed E-state index contributed by atoms with van der Waals surface area (Å²) in [7, 11) is 0. The average Bonchev–Trinajstić information content (AvgIpc) is 2.65. The van der Waals surface area contributed by atoms with Crippen molar-refractivity contribution in [2.45, 2.75) is 40.5 Å². The molecule has 0 atom stereocenters. The first-order valence-corrected chi connectivity index (χ1v) is 8.93. The molecule has 0 heterocycles. The average molecular weight is 388 g/mol. The van der Waals surface area contributed by atoms with Gasteiger partial charge in [0.1, 0.15) is 0 Å². The van der Waals surface area contributed by atoms with Crippen LogP contribution in [0.5, 0.6) is 0 Å². The van der Waals surface area contributed by atoms with Crippen molar-refractivity contribution in [2.75, 3.05) is 39.6 Å². The number of esters is 2. The predicted molar refractivity (Wildman–Crippen MR) is 99.3 cm³/mol. The molecule has 27 heavy (non-hydrogen) atoms. The molecule has 0 aliphatic carbocycles. The van der Waals surface area contributed by atoms with Gasteiger partial charge >= 0.3 is 11.9 Å². The fraction of sp³-hybridized carbons (Fsp3) is 0.684. The lowest BCUT2D eigenvalue weighted by Gasteiger charge is -2.24. The number of aliphatic hydroxyl groups is 2. The third kappa shape index (κ3) is 12.9. The number of allylic oxidation sites excluding steroid dienone is 2. The van der Waals surface area contributed by atoms with E-state index in [4.69, 9.17) is 29.2 Å². The molecule has 2 N–H and O–H groups in total. The smallest absolute Gasteiger partial charge is 0.373 e. The third-order valence-corrected chi connectivity index (χ3v) is 3.28. The van der Waals surface area contributed by atoms with Crippen molar-refractivity contribution >= 4 is 11.9 Å². The predicted octanol–water partition coefficient (Wildman–Crippen LogP) is 2.84. The zero-order chi connectivity index (χ0) is 20.7. The van der Waals surface area contributed by atoms with Gasteiger partial charge in [-0.25, -0.2) is 9.59 Å². The van der Waals surface area contributed by atoms with Gasteiger partial charge in [-0.3, -0.25) is 0 Å². The summed E-state index contributed by atoms with van der Waals surface area (Å²) in [6.07, 6.45) is 3.61. The third-order valence-electron chi connectivity index (χ3n) is 3.28. The quantitative estimate of drug-likeness (QED) is 0.202. The SMILES string of the molecule is CC=C(O)C(=O)OCCCOCC(C)(C)COCCCOC(=O)C(O)=CC. The Kier molecular flexibility index (Phi) is 13.0. The van der Waals surface area contributed by atoms with Crippen molar-refractivity contribution in [3.63, 3.8) is 0 Å². The van der Waals surface area contributed by atoms with Gasteiger partial charge in [0.25, 0.3) is 0 Å². The van der Waals surface area contributed by atoms with E-state index >= 15 is 0 Å². The maximum Gasteiger partial charge on any atom is 0.373 e. The largest absolute Gasteiger partial charge is 0.502 e. The van der Waals surface area contributed by atoms with E-state index in [1.807, 2.05) is 13.8 Å². The standard InChI is InChI=1S/C19H32O8/c1-5-15(20)17(22)26-11-7-9-24-13-19(3,4)14-25-10-8-12-27-18(23)16(21)6-2/h5-6,20-21H,7-14H2,1-4H3. The van der Waals surface area contributed by atoms with Crippen LogP contribution >= 0.6 is 0 Å². The van der Waals surface area contributed by atoms with Crippen molar-refractivity contribution < 1.29 is 38.7 Å². The fourth-order valence-corrected chi connectivity index (χ4v) is 1.77. The van der Waals surface area contributed by atoms with Crippen LogP contribution < -0.4 is 0 Å². The van der Waals surface area contributed by atoms with Gasteiger partial charge in [-0.05, 0) is 26.0 Å². The number of hydrogen-bond donors (Lipinski definition) is 2. The molecule has 0 unspecified atom stereocenters. The molecule has 0 saturated heterocycles. The molecule has 0 radical (unpaired) electrons. The first-order valence-electron chi connectivity index (χ1n) is 8.93. The van der Waals surface area contributed by atoms with E-state index < -0.39 is 23.5 Å². The lowest BCUT2D eigenvalue weighted by atomic mass is 9.96. The second kappa shape index (κ2) is 14.1. The van der Waals surface area contributed by atoms with Crippen LogP contribution in [0.1, 0.15) is 40.5 Å². The second-order valence-electron chi connectivity index (χ2n) is 6.60. The first kappa shape index (κ1) is 24.9. The van der Waals surface area contributed by atoms with Crippen LogP contribution in [0, 0.1) is 5.41 Å². The topological polar surface area (TPSA) is 112 Å². The van der Waals surface area contributed by atoms with Gasteiger partial charge in [0.2, 0.25) is 0 Å². The minimum atomic E-state index is -0.738. The summed E-state index contributed by atoms with van der Waals surface area (Å²) < 4.78 is 20.8. The van der Waals surface area contributed by atoms with Crippen molar-refractivity contribution in [1.82, 2.24) is 0 Å². The molecular formula is C19H32O8. The molecule has 0 bridgehead atoms. The van der Waals surface area contributed by atoms with Crippen LogP contribution in [0.2, 0.25) is 0 Å². The van der Waals surface area contributed by atoms with E-state index in [-0.39, 0.29) is 18.6 Å². The van der Waals surface area contributed by atoms with Crippen LogP contribution in [-0.2, 0) is 28.5 Å². The summed E-state index contributed by atoms with van der Waals surface area (Å²) in [4.78, 5) is 22.4. The Bertz CT molecular complexity index is 464. The lowest BCUT2D eigenvalue weighted by Crippen LogP contribution is -2.26. The normalized spacial score (nSPS) is 12.7. The molecule has 0 aliphatic heterocycles. The van der Waals surface area contributed by atoms with E-state index in [1.165, 1.54) is 12.2 Å². The van der Waals surface area contributed by atoms with Crippen LogP contribution in [0.3, 0.4) is 0 Å². The summed E-state index contributed by atoms with van der Waals surface area (Å²) in [6.45, 7) is 9.26. The van der Waals surface area contributed by atoms with Gasteiger partial charge in [0.15, 0.2) is 11.5 Å². The number of hydrogen-bond acceptors (Lipinski definition) is 8. The zero-order valence-corrected chi connectivity index (χ0v) is 16.7. The lowest BCUT2D eigenvalue weighted by molar-refractivity contribution is -0.143. The number of carbonyl (C=O) groups is 2. The number of ether oxygens (including phenoxy) is 4. The molecule has 156 valence electrons. The molecule has 0 amide bonds. The Morgan fingerprint density at radius 2 is 1.15 bits per heavy atom. The Hall–Kier alpha value is -2.06. The Morgan fingerprint density at radius 1 is 0.778 bits per heavy atom. The maximum atomic E-state index is 11.2. The minimum Gasteiger partial charge on any atom is -0.502 e. The molecular weight excluding hydrogens is 356 g/mol. The van der Waals surface area contributed by atoms with Gasteiger partial charge in [0, 0.05) is 31.5 Å². The van der Waals surface area contributed by atoms with Gasteiger partial charge in [0.05, 0.1) is 26.4 Å². The second-order valence-corrected chi connectivity index (χ2v) is 6.60. The summed E-state index contributed by atoms with van der Waals surface area (Å²) in [6, 6.07) is 0. The van der Waals surface area contributed by atoms with Crippen LogP contribution in [0.15, 0.2) is 23.7 Å². The molecule has 0 aliphatic rings. The maximum absolute atomic E-state index is 11.2. The van der Waals surface area contributed by atoms with E-state index in [2.05, 4.69) is 0 Å². The highest BCUT2D eigenvalue weighted by Crippen LogP contribution is 2.16. The van der Waals surface area contributed by atoms with E-state index in [0.29, 0.717) is 39.3 Å². The highest BCUT2D eigenvalue weighted by Gasteiger charge is 2.18. The highest BCUT2D eigenvalue weighted by atomic mass is 16.6. The molecule has 0 rings (SSSR count). The van der Waals surface area contributed by atoms with E-state index in [0.717, 1.165) is 0 Å². The molecule has 0 fully saturated rings. The molecule has 0 aromatic carbocycles.